The molecule has 1 rings (SSSR count). The molecule has 1 saturated heterocycles. The zero-order chi connectivity index (χ0) is 22.8. The Hall–Kier alpha value is -2.05. The van der Waals surface area contributed by atoms with Crippen LogP contribution in [0.1, 0.15) is 61.8 Å². The van der Waals surface area contributed by atoms with Gasteiger partial charge in [-0.1, -0.05) is 40.7 Å². The van der Waals surface area contributed by atoms with Gasteiger partial charge in [-0.05, 0) is 38.0 Å². The van der Waals surface area contributed by atoms with E-state index in [1.54, 1.807) is 4.90 Å². The van der Waals surface area contributed by atoms with Crippen LogP contribution in [0.2, 0.25) is 0 Å². The number of urea groups is 1. The van der Waals surface area contributed by atoms with Crippen LogP contribution in [-0.2, 0) is 14.3 Å². The summed E-state index contributed by atoms with van der Waals surface area (Å²) in [6.45, 7) is 19.6. The molecular weight excluding hydrogens is 370 g/mol. The van der Waals surface area contributed by atoms with E-state index in [1.165, 1.54) is 7.11 Å². The number of esters is 1. The number of nitrogens with zero attached hydrogens (tertiary/aromatic N) is 1. The Morgan fingerprint density at radius 3 is 2.07 bits per heavy atom. The fraction of sp³-hybridized carbons (Fsp3) is 0.773. The van der Waals surface area contributed by atoms with Crippen molar-refractivity contribution in [2.24, 2.45) is 16.7 Å². The molecule has 0 aromatic rings. The van der Waals surface area contributed by atoms with Crippen LogP contribution in [0.5, 0.6) is 0 Å². The van der Waals surface area contributed by atoms with E-state index in [2.05, 4.69) is 17.2 Å². The maximum atomic E-state index is 13.5. The van der Waals surface area contributed by atoms with Crippen molar-refractivity contribution < 1.29 is 19.1 Å². The Bertz CT molecular complexity index is 643. The van der Waals surface area contributed by atoms with Crippen LogP contribution in [0.3, 0.4) is 0 Å². The Balaban J connectivity index is 3.21. The summed E-state index contributed by atoms with van der Waals surface area (Å²) in [6.07, 6.45) is 2.48. The molecule has 1 aliphatic rings. The first-order chi connectivity index (χ1) is 13.0. The maximum Gasteiger partial charge on any atom is 0.328 e. The normalized spacial score (nSPS) is 21.3. The number of likely N-dealkylation sites (tertiary alicyclic amines) is 1. The highest BCUT2D eigenvalue weighted by atomic mass is 16.5. The van der Waals surface area contributed by atoms with Crippen LogP contribution in [0.15, 0.2) is 12.7 Å². The Morgan fingerprint density at radius 1 is 1.10 bits per heavy atom. The van der Waals surface area contributed by atoms with Gasteiger partial charge in [0.2, 0.25) is 5.91 Å². The molecule has 0 saturated carbocycles. The van der Waals surface area contributed by atoms with E-state index in [-0.39, 0.29) is 17.2 Å². The minimum Gasteiger partial charge on any atom is -0.467 e. The number of carbonyl (C=O) groups is 3. The van der Waals surface area contributed by atoms with E-state index in [0.717, 1.165) is 0 Å². The molecule has 3 amide bonds. The molecule has 0 aromatic carbocycles. The van der Waals surface area contributed by atoms with Gasteiger partial charge in [0.15, 0.2) is 0 Å². The van der Waals surface area contributed by atoms with Gasteiger partial charge in [-0.2, -0.15) is 0 Å². The summed E-state index contributed by atoms with van der Waals surface area (Å²) in [5.74, 6) is -0.831. The second kappa shape index (κ2) is 8.76. The molecule has 1 aliphatic heterocycles. The third-order valence-corrected chi connectivity index (χ3v) is 5.48. The molecule has 166 valence electrons. The van der Waals surface area contributed by atoms with Gasteiger partial charge in [-0.25, -0.2) is 9.59 Å². The summed E-state index contributed by atoms with van der Waals surface area (Å²) < 4.78 is 5.03. The molecule has 0 bridgehead atoms. The first kappa shape index (κ1) is 25.0. The van der Waals surface area contributed by atoms with E-state index in [0.29, 0.717) is 13.0 Å². The molecular formula is C22H39N3O4. The highest BCUT2D eigenvalue weighted by molar-refractivity contribution is 5.91. The first-order valence-corrected chi connectivity index (χ1v) is 10.2. The number of hydrogen-bond donors (Lipinski definition) is 2. The number of hydrogen-bond acceptors (Lipinski definition) is 4. The molecule has 1 heterocycles. The molecule has 1 unspecified atom stereocenters. The summed E-state index contributed by atoms with van der Waals surface area (Å²) in [7, 11) is 1.33. The van der Waals surface area contributed by atoms with Gasteiger partial charge in [0.25, 0.3) is 0 Å². The zero-order valence-corrected chi connectivity index (χ0v) is 19.5. The third kappa shape index (κ3) is 6.21. The molecule has 3 atom stereocenters. The smallest absolute Gasteiger partial charge is 0.328 e. The number of allylic oxidation sites excluding steroid dienone is 1. The summed E-state index contributed by atoms with van der Waals surface area (Å²) >= 11 is 0. The van der Waals surface area contributed by atoms with Crippen molar-refractivity contribution in [2.45, 2.75) is 79.4 Å². The van der Waals surface area contributed by atoms with E-state index in [1.807, 2.05) is 61.5 Å². The number of ether oxygens (including phenoxy) is 1. The van der Waals surface area contributed by atoms with Crippen LogP contribution >= 0.6 is 0 Å². The largest absolute Gasteiger partial charge is 0.467 e. The molecule has 7 nitrogen and oxygen atoms in total. The van der Waals surface area contributed by atoms with E-state index in [9.17, 15) is 14.4 Å². The Kier molecular flexibility index (Phi) is 7.55. The standard InChI is InChI=1S/C22H39N3O4/c1-11-22(8,9)14-12-13-25(15(14)18(27)29-10)17(26)16(20(2,3)4)23-19(28)24-21(5,6)7/h11,14-16H,1,12-13H2,2-10H3,(H2,23,24,28)/t14?,15-,16+/m0/s1. The van der Waals surface area contributed by atoms with E-state index in [4.69, 9.17) is 4.74 Å². The molecule has 1 fully saturated rings. The van der Waals surface area contributed by atoms with Crippen molar-refractivity contribution in [3.05, 3.63) is 12.7 Å². The van der Waals surface area contributed by atoms with Gasteiger partial charge in [0, 0.05) is 18.0 Å². The minimum atomic E-state index is -0.789. The average molecular weight is 410 g/mol. The van der Waals surface area contributed by atoms with Crippen LogP contribution in [0, 0.1) is 16.7 Å². The Morgan fingerprint density at radius 2 is 1.66 bits per heavy atom. The fourth-order valence-electron chi connectivity index (χ4n) is 3.70. The molecule has 0 aromatic heterocycles. The highest BCUT2D eigenvalue weighted by Gasteiger charge is 2.50. The molecule has 7 heteroatoms. The lowest BCUT2D eigenvalue weighted by Crippen LogP contribution is -2.60. The quantitative estimate of drug-likeness (QED) is 0.539. The number of nitrogens with one attached hydrogen (secondary N) is 2. The minimum absolute atomic E-state index is 0.111. The molecule has 0 radical (unpaired) electrons. The predicted octanol–water partition coefficient (Wildman–Crippen LogP) is 3.10. The molecule has 29 heavy (non-hydrogen) atoms. The van der Waals surface area contributed by atoms with Crippen molar-refractivity contribution in [3.63, 3.8) is 0 Å². The Labute approximate surface area is 175 Å². The van der Waals surface area contributed by atoms with Gasteiger partial charge in [0.05, 0.1) is 7.11 Å². The van der Waals surface area contributed by atoms with Crippen molar-refractivity contribution in [1.29, 1.82) is 0 Å². The van der Waals surface area contributed by atoms with Gasteiger partial charge < -0.3 is 20.3 Å². The van der Waals surface area contributed by atoms with Gasteiger partial charge in [0.1, 0.15) is 12.1 Å². The number of methoxy groups -OCH3 is 1. The van der Waals surface area contributed by atoms with Gasteiger partial charge >= 0.3 is 12.0 Å². The van der Waals surface area contributed by atoms with Gasteiger partial charge in [-0.15, -0.1) is 6.58 Å². The lowest BCUT2D eigenvalue weighted by Gasteiger charge is -2.38. The fourth-order valence-corrected chi connectivity index (χ4v) is 3.70. The van der Waals surface area contributed by atoms with Crippen molar-refractivity contribution in [2.75, 3.05) is 13.7 Å². The lowest BCUT2D eigenvalue weighted by atomic mass is 9.74. The maximum absolute atomic E-state index is 13.5. The number of rotatable bonds is 5. The van der Waals surface area contributed by atoms with Crippen LogP contribution in [0.25, 0.3) is 0 Å². The average Bonchev–Trinajstić information content (AvgIpc) is 3.01. The lowest BCUT2D eigenvalue weighted by molar-refractivity contribution is -0.154. The summed E-state index contributed by atoms with van der Waals surface area (Å²) in [5.41, 5.74) is -1.32. The molecule has 0 spiro atoms. The van der Waals surface area contributed by atoms with Crippen LogP contribution in [-0.4, -0.2) is 54.1 Å². The van der Waals surface area contributed by atoms with Crippen molar-refractivity contribution in [3.8, 4) is 0 Å². The van der Waals surface area contributed by atoms with Crippen molar-refractivity contribution >= 4 is 17.9 Å². The zero-order valence-electron chi connectivity index (χ0n) is 19.5. The monoisotopic (exact) mass is 409 g/mol. The number of amides is 3. The van der Waals surface area contributed by atoms with Crippen LogP contribution in [0.4, 0.5) is 4.79 Å². The predicted molar refractivity (Wildman–Crippen MR) is 114 cm³/mol. The molecule has 0 aliphatic carbocycles. The second-order valence-electron chi connectivity index (χ2n) is 10.6. The van der Waals surface area contributed by atoms with Crippen LogP contribution < -0.4 is 10.6 Å². The molecule has 2 N–H and O–H groups in total. The SMILES string of the molecule is C=CC(C)(C)C1CCN(C(=O)[C@@H](NC(=O)NC(C)(C)C)C(C)(C)C)[C@@H]1C(=O)OC. The second-order valence-corrected chi connectivity index (χ2v) is 10.6. The third-order valence-electron chi connectivity index (χ3n) is 5.48. The highest BCUT2D eigenvalue weighted by Crippen LogP contribution is 2.41. The summed E-state index contributed by atoms with van der Waals surface area (Å²) in [4.78, 5) is 40.2. The van der Waals surface area contributed by atoms with Crippen molar-refractivity contribution in [1.82, 2.24) is 15.5 Å². The summed E-state index contributed by atoms with van der Waals surface area (Å²) in [6, 6.07) is -1.91. The van der Waals surface area contributed by atoms with E-state index >= 15 is 0 Å². The summed E-state index contributed by atoms with van der Waals surface area (Å²) in [5, 5.41) is 5.65. The topological polar surface area (TPSA) is 87.7 Å². The first-order valence-electron chi connectivity index (χ1n) is 10.2. The number of carbonyl (C=O) groups excluding carboxylic acids is 3. The van der Waals surface area contributed by atoms with E-state index < -0.39 is 35.0 Å². The van der Waals surface area contributed by atoms with Gasteiger partial charge in [-0.3, -0.25) is 4.79 Å².